The van der Waals surface area contributed by atoms with Crippen molar-refractivity contribution in [3.8, 4) is 0 Å². The predicted molar refractivity (Wildman–Crippen MR) is 255 cm³/mol. The highest BCUT2D eigenvalue weighted by Crippen LogP contribution is 2.14. The van der Waals surface area contributed by atoms with Crippen LogP contribution in [0.5, 0.6) is 0 Å². The second-order valence-corrected chi connectivity index (χ2v) is 19.1. The Morgan fingerprint density at radius 3 is 0.632 bits per heavy atom. The van der Waals surface area contributed by atoms with Gasteiger partial charge in [0.05, 0.1) is 46.8 Å². The van der Waals surface area contributed by atoms with Crippen LogP contribution in [0.15, 0.2) is 0 Å². The van der Waals surface area contributed by atoms with E-state index in [-0.39, 0.29) is 24.8 Å². The van der Waals surface area contributed by atoms with E-state index in [0.29, 0.717) is 0 Å². The fourth-order valence-electron chi connectivity index (χ4n) is 8.71. The van der Waals surface area contributed by atoms with E-state index in [1.807, 2.05) is 4.90 Å². The topological polar surface area (TPSA) is 4.44 Å². The van der Waals surface area contributed by atoms with Crippen LogP contribution in [0.2, 0.25) is 0 Å². The van der Waals surface area contributed by atoms with Crippen LogP contribution in [0.1, 0.15) is 298 Å². The highest BCUT2D eigenvalue weighted by atomic mass is 35.5. The molecule has 0 saturated heterocycles. The molecule has 0 aromatic rings. The van der Waals surface area contributed by atoms with Gasteiger partial charge >= 0.3 is 0 Å². The molecule has 350 valence electrons. The first-order valence-corrected chi connectivity index (χ1v) is 26.6. The minimum atomic E-state index is 0. The van der Waals surface area contributed by atoms with Gasteiger partial charge in [-0.1, -0.05) is 240 Å². The zero-order valence-electron chi connectivity index (χ0n) is 41.2. The summed E-state index contributed by atoms with van der Waals surface area (Å²) in [5.74, 6) is 0. The van der Waals surface area contributed by atoms with E-state index in [9.17, 15) is 0 Å². The third kappa shape index (κ3) is 58.6. The normalized spacial score (nSPS) is 11.4. The summed E-state index contributed by atoms with van der Waals surface area (Å²) in [6.07, 6.45) is 59.7. The Kier molecular flexibility index (Phi) is 63.6. The maximum Gasteiger partial charge on any atom is 0.0782 e. The van der Waals surface area contributed by atoms with Crippen LogP contribution in [0.4, 0.5) is 0 Å². The molecule has 0 fully saturated rings. The molecule has 0 radical (unpaired) electrons. The van der Waals surface area contributed by atoms with E-state index >= 15 is 0 Å². The Balaban J connectivity index is -0.000000593. The predicted octanol–water partition coefficient (Wildman–Crippen LogP) is 11.0. The van der Waals surface area contributed by atoms with E-state index in [1.54, 1.807) is 0 Å². The van der Waals surface area contributed by atoms with Crippen molar-refractivity contribution in [1.29, 1.82) is 0 Å². The minimum Gasteiger partial charge on any atom is -1.00 e. The highest BCUT2D eigenvalue weighted by Gasteiger charge is 2.12. The summed E-state index contributed by atoms with van der Waals surface area (Å²) >= 11 is 0. The molecular formula is C53H114Cl2N2. The summed E-state index contributed by atoms with van der Waals surface area (Å²) in [5.41, 5.74) is 0. The van der Waals surface area contributed by atoms with Gasteiger partial charge in [0.25, 0.3) is 0 Å². The van der Waals surface area contributed by atoms with Gasteiger partial charge in [0, 0.05) is 0 Å². The Morgan fingerprint density at radius 1 is 0.228 bits per heavy atom. The van der Waals surface area contributed by atoms with Crippen LogP contribution in [0.3, 0.4) is 0 Å². The molecule has 1 N–H and O–H groups in total. The molecule has 0 rings (SSSR count). The number of hydrogen-bond acceptors (Lipinski definition) is 0. The van der Waals surface area contributed by atoms with Crippen LogP contribution < -0.4 is 29.7 Å². The Labute approximate surface area is 377 Å². The number of nitrogens with zero attached hydrogens (tertiary/aromatic N) is 1. The molecule has 2 nitrogen and oxygen atoms in total. The second kappa shape index (κ2) is 56.5. The molecular weight excluding hydrogens is 736 g/mol. The average molecular weight is 850 g/mol. The number of nitrogens with one attached hydrogen (secondary N) is 1. The third-order valence-electron chi connectivity index (χ3n) is 12.6. The van der Waals surface area contributed by atoms with E-state index in [1.165, 1.54) is 300 Å². The van der Waals surface area contributed by atoms with Crippen molar-refractivity contribution < 1.29 is 34.2 Å². The number of unbranched alkanes of at least 4 members (excludes halogenated alkanes) is 36. The van der Waals surface area contributed by atoms with Crippen LogP contribution in [0.25, 0.3) is 0 Å². The SMILES string of the molecule is CCCCCCCCCCCC[N+](C)(C)CCC.CCCCCCCCCCCC[NH+](CCCCCCCCCCCC)CCCCCCCCCCCC.[Cl-].[Cl-]. The van der Waals surface area contributed by atoms with Gasteiger partial charge in [-0.25, -0.2) is 0 Å². The molecule has 0 heterocycles. The summed E-state index contributed by atoms with van der Waals surface area (Å²) in [4.78, 5) is 1.94. The quantitative estimate of drug-likeness (QED) is 0.0460. The summed E-state index contributed by atoms with van der Waals surface area (Å²) < 4.78 is 1.22. The number of hydrogen-bond donors (Lipinski definition) is 1. The van der Waals surface area contributed by atoms with Crippen LogP contribution in [-0.4, -0.2) is 51.3 Å². The van der Waals surface area contributed by atoms with E-state index in [2.05, 4.69) is 48.7 Å². The van der Waals surface area contributed by atoms with E-state index in [0.717, 1.165) is 0 Å². The first-order chi connectivity index (χ1) is 27.0. The molecule has 0 spiro atoms. The Bertz CT molecular complexity index is 600. The number of halogens is 2. The van der Waals surface area contributed by atoms with Gasteiger partial charge in [-0.3, -0.25) is 0 Å². The molecule has 0 aliphatic heterocycles. The molecule has 0 aliphatic rings. The molecule has 0 aliphatic carbocycles. The van der Waals surface area contributed by atoms with Crippen LogP contribution in [0, 0.1) is 0 Å². The second-order valence-electron chi connectivity index (χ2n) is 19.1. The fraction of sp³-hybridized carbons (Fsp3) is 1.00. The molecule has 0 bridgehead atoms. The van der Waals surface area contributed by atoms with Crippen molar-refractivity contribution in [2.45, 2.75) is 298 Å². The number of rotatable bonds is 46. The fourth-order valence-corrected chi connectivity index (χ4v) is 8.71. The van der Waals surface area contributed by atoms with Gasteiger partial charge < -0.3 is 34.2 Å². The van der Waals surface area contributed by atoms with Crippen molar-refractivity contribution in [1.82, 2.24) is 0 Å². The van der Waals surface area contributed by atoms with Crippen molar-refractivity contribution in [3.63, 3.8) is 0 Å². The Hall–Kier alpha value is 0.500. The molecule has 4 heteroatoms. The lowest BCUT2D eigenvalue weighted by Crippen LogP contribution is -3.12. The smallest absolute Gasteiger partial charge is 0.0782 e. The van der Waals surface area contributed by atoms with Gasteiger partial charge in [-0.05, 0) is 57.8 Å². The molecule has 0 aromatic heterocycles. The first-order valence-electron chi connectivity index (χ1n) is 26.6. The maximum absolute atomic E-state index is 2.37. The lowest BCUT2D eigenvalue weighted by Gasteiger charge is -2.29. The van der Waals surface area contributed by atoms with Crippen molar-refractivity contribution in [2.24, 2.45) is 0 Å². The summed E-state index contributed by atoms with van der Waals surface area (Å²) in [5, 5.41) is 0. The summed E-state index contributed by atoms with van der Waals surface area (Å²) in [6, 6.07) is 0. The zero-order valence-corrected chi connectivity index (χ0v) is 42.7. The maximum atomic E-state index is 2.37. The van der Waals surface area contributed by atoms with Crippen LogP contribution in [-0.2, 0) is 0 Å². The summed E-state index contributed by atoms with van der Waals surface area (Å²) in [7, 11) is 4.74. The molecule has 0 unspecified atom stereocenters. The first kappa shape index (κ1) is 64.1. The molecule has 0 atom stereocenters. The van der Waals surface area contributed by atoms with Gasteiger partial charge in [0.15, 0.2) is 0 Å². The zero-order chi connectivity index (χ0) is 40.6. The Morgan fingerprint density at radius 2 is 0.421 bits per heavy atom. The summed E-state index contributed by atoms with van der Waals surface area (Å²) in [6.45, 7) is 18.6. The lowest BCUT2D eigenvalue weighted by molar-refractivity contribution is -0.900. The largest absolute Gasteiger partial charge is 1.00 e. The number of quaternary nitrogens is 2. The standard InChI is InChI=1S/C36H75N.C17H38N.2ClH/c1-4-7-10-13-16-19-22-25-28-31-34-37(35-32-29-26-23-20-17-14-11-8-5-2)36-33-30-27-24-21-18-15-12-9-6-3;1-5-7-8-9-10-11-12-13-14-15-17-18(3,4)16-6-2;;/h4-36H2,1-3H3;5-17H2,1-4H3;2*1H/q;+1;;/p-1. The molecule has 57 heavy (non-hydrogen) atoms. The average Bonchev–Trinajstić information content (AvgIpc) is 3.17. The van der Waals surface area contributed by atoms with E-state index < -0.39 is 0 Å². The van der Waals surface area contributed by atoms with Crippen molar-refractivity contribution in [3.05, 3.63) is 0 Å². The van der Waals surface area contributed by atoms with Gasteiger partial charge in [0.1, 0.15) is 0 Å². The third-order valence-corrected chi connectivity index (χ3v) is 12.6. The molecule has 0 saturated carbocycles. The highest BCUT2D eigenvalue weighted by molar-refractivity contribution is 4.52. The van der Waals surface area contributed by atoms with E-state index in [4.69, 9.17) is 0 Å². The lowest BCUT2D eigenvalue weighted by atomic mass is 10.1. The van der Waals surface area contributed by atoms with Gasteiger partial charge in [-0.2, -0.15) is 0 Å². The minimum absolute atomic E-state index is 0. The van der Waals surface area contributed by atoms with Crippen molar-refractivity contribution in [2.75, 3.05) is 46.8 Å². The van der Waals surface area contributed by atoms with Crippen molar-refractivity contribution >= 4 is 0 Å². The van der Waals surface area contributed by atoms with Gasteiger partial charge in [-0.15, -0.1) is 0 Å². The molecule has 0 aromatic carbocycles. The van der Waals surface area contributed by atoms with Crippen LogP contribution >= 0.6 is 0 Å². The molecule has 0 amide bonds. The van der Waals surface area contributed by atoms with Gasteiger partial charge in [0.2, 0.25) is 0 Å². The monoisotopic (exact) mass is 849 g/mol.